The van der Waals surface area contributed by atoms with Crippen molar-refractivity contribution in [3.63, 3.8) is 0 Å². The number of rotatable bonds is 12. The molecule has 0 heterocycles. The molecule has 0 unspecified atom stereocenters. The number of hydrogen-bond donors (Lipinski definition) is 0. The van der Waals surface area contributed by atoms with Crippen LogP contribution in [-0.4, -0.2) is 61.0 Å². The Kier molecular flexibility index (Phi) is 9.99. The summed E-state index contributed by atoms with van der Waals surface area (Å²) in [6, 6.07) is 0. The van der Waals surface area contributed by atoms with Gasteiger partial charge in [0.15, 0.2) is 0 Å². The molecule has 0 aromatic carbocycles. The predicted molar refractivity (Wildman–Crippen MR) is 78.0 cm³/mol. The molecular formula is C15H13F17O4. The molecule has 0 fully saturated rings. The lowest BCUT2D eigenvalue weighted by atomic mass is 10.2. The van der Waals surface area contributed by atoms with E-state index in [2.05, 4.69) is 4.74 Å². The minimum absolute atomic E-state index is 0.0596. The van der Waals surface area contributed by atoms with Crippen LogP contribution < -0.4 is 0 Å². The molecule has 4 nitrogen and oxygen atoms in total. The largest absolute Gasteiger partial charge is 0.462 e. The van der Waals surface area contributed by atoms with Crippen LogP contribution in [0.3, 0.4) is 0 Å². The van der Waals surface area contributed by atoms with Crippen molar-refractivity contribution in [2.24, 2.45) is 0 Å². The van der Waals surface area contributed by atoms with Gasteiger partial charge in [-0.15, -0.1) is 0 Å². The molecule has 0 saturated carbocycles. The molecule has 0 bridgehead atoms. The molecule has 0 radical (unpaired) electrons. The van der Waals surface area contributed by atoms with Crippen molar-refractivity contribution in [2.75, 3.05) is 6.61 Å². The highest BCUT2D eigenvalue weighted by atomic mass is 19.4. The van der Waals surface area contributed by atoms with E-state index in [4.69, 9.17) is 0 Å². The average Bonchev–Trinajstić information content (AvgIpc) is 2.63. The standard InChI is InChI=1S/C15H13F17O4/c1-2-3-4-5-6-34-7(33)8(16,11(20,21)22)35-15(31,32)10(19,13(26,27)28)36-14(29,30)9(17,18)12(23,24)25/h2-6H2,1H3/t8-,10+/m0/s1. The van der Waals surface area contributed by atoms with Gasteiger partial charge in [0.1, 0.15) is 0 Å². The maximum absolute atomic E-state index is 14.1. The first-order valence-corrected chi connectivity index (χ1v) is 8.93. The molecule has 216 valence electrons. The number of hydrogen-bond acceptors (Lipinski definition) is 4. The number of carbonyl (C=O) groups excluding carboxylic acids is 1. The summed E-state index contributed by atoms with van der Waals surface area (Å²) >= 11 is 0. The Morgan fingerprint density at radius 2 is 1.06 bits per heavy atom. The zero-order valence-electron chi connectivity index (χ0n) is 17.1. The molecule has 21 heteroatoms. The number of unbranched alkanes of at least 4 members (excludes halogenated alkanes) is 3. The quantitative estimate of drug-likeness (QED) is 0.142. The summed E-state index contributed by atoms with van der Waals surface area (Å²) in [4.78, 5) is 11.3. The molecule has 0 saturated heterocycles. The molecule has 0 aromatic heterocycles. The number of alkyl halides is 17. The molecule has 0 aromatic rings. The van der Waals surface area contributed by atoms with Crippen LogP contribution in [0.4, 0.5) is 74.6 Å². The topological polar surface area (TPSA) is 44.8 Å². The number of carbonyl (C=O) groups is 1. The average molecular weight is 580 g/mol. The highest BCUT2D eigenvalue weighted by Crippen LogP contribution is 2.56. The SMILES string of the molecule is CCCCCCOC(=O)[C@](F)(OC(F)(F)[C@](F)(OC(F)(F)C(F)(F)C(F)(F)F)C(F)(F)F)C(F)(F)F. The Hall–Kier alpha value is -1.80. The molecule has 0 amide bonds. The maximum atomic E-state index is 14.1. The van der Waals surface area contributed by atoms with Crippen molar-refractivity contribution in [3.05, 3.63) is 0 Å². The van der Waals surface area contributed by atoms with Crippen LogP contribution in [0.1, 0.15) is 32.6 Å². The second-order valence-electron chi connectivity index (χ2n) is 6.69. The Bertz CT molecular complexity index is 744. The van der Waals surface area contributed by atoms with Gasteiger partial charge in [-0.3, -0.25) is 9.47 Å². The van der Waals surface area contributed by atoms with Gasteiger partial charge in [-0.05, 0) is 6.42 Å². The molecule has 0 spiro atoms. The molecule has 0 aliphatic rings. The number of ether oxygens (including phenoxy) is 3. The third kappa shape index (κ3) is 6.74. The van der Waals surface area contributed by atoms with Gasteiger partial charge in [-0.1, -0.05) is 26.2 Å². The molecule has 0 N–H and O–H groups in total. The summed E-state index contributed by atoms with van der Waals surface area (Å²) in [6.45, 7) is 0.375. The van der Waals surface area contributed by atoms with E-state index in [1.807, 2.05) is 4.74 Å². The van der Waals surface area contributed by atoms with Crippen molar-refractivity contribution in [1.29, 1.82) is 0 Å². The smallest absolute Gasteiger partial charge is 0.461 e. The van der Waals surface area contributed by atoms with Crippen LogP contribution in [0.15, 0.2) is 0 Å². The second kappa shape index (κ2) is 10.5. The van der Waals surface area contributed by atoms with Crippen LogP contribution in [0.2, 0.25) is 0 Å². The normalized spacial score (nSPS) is 17.9. The van der Waals surface area contributed by atoms with Gasteiger partial charge in [0.25, 0.3) is 0 Å². The van der Waals surface area contributed by atoms with E-state index in [9.17, 15) is 79.4 Å². The highest BCUT2D eigenvalue weighted by Gasteiger charge is 2.85. The van der Waals surface area contributed by atoms with E-state index in [-0.39, 0.29) is 12.8 Å². The van der Waals surface area contributed by atoms with E-state index in [0.717, 1.165) is 0 Å². The van der Waals surface area contributed by atoms with Gasteiger partial charge in [-0.2, -0.15) is 74.6 Å². The van der Waals surface area contributed by atoms with Gasteiger partial charge in [0.2, 0.25) is 0 Å². The van der Waals surface area contributed by atoms with Crippen molar-refractivity contribution in [2.45, 2.75) is 81.0 Å². The number of halogens is 17. The fraction of sp³-hybridized carbons (Fsp3) is 0.933. The summed E-state index contributed by atoms with van der Waals surface area (Å²) in [6.07, 6.45) is -38.0. The van der Waals surface area contributed by atoms with E-state index >= 15 is 0 Å². The summed E-state index contributed by atoms with van der Waals surface area (Å²) in [5.41, 5.74) is 0. The Morgan fingerprint density at radius 3 is 1.42 bits per heavy atom. The monoisotopic (exact) mass is 580 g/mol. The lowest BCUT2D eigenvalue weighted by Crippen LogP contribution is -2.68. The maximum Gasteiger partial charge on any atom is 0.462 e. The second-order valence-corrected chi connectivity index (χ2v) is 6.69. The Morgan fingerprint density at radius 1 is 0.583 bits per heavy atom. The summed E-state index contributed by atoms with van der Waals surface area (Å²) < 4.78 is 227. The van der Waals surface area contributed by atoms with Crippen LogP contribution in [-0.2, 0) is 19.0 Å². The number of esters is 1. The van der Waals surface area contributed by atoms with Crippen molar-refractivity contribution in [1.82, 2.24) is 0 Å². The molecule has 0 aliphatic carbocycles. The fourth-order valence-corrected chi connectivity index (χ4v) is 1.93. The van der Waals surface area contributed by atoms with Gasteiger partial charge < -0.3 is 4.74 Å². The Balaban J connectivity index is 6.44. The molecule has 0 aliphatic heterocycles. The van der Waals surface area contributed by atoms with Gasteiger partial charge in [0, 0.05) is 0 Å². The Labute approximate surface area is 188 Å². The highest BCUT2D eigenvalue weighted by molar-refractivity contribution is 5.78. The van der Waals surface area contributed by atoms with Gasteiger partial charge in [0.05, 0.1) is 6.61 Å². The van der Waals surface area contributed by atoms with E-state index in [1.54, 1.807) is 6.92 Å². The van der Waals surface area contributed by atoms with Gasteiger partial charge >= 0.3 is 54.3 Å². The summed E-state index contributed by atoms with van der Waals surface area (Å²) in [5, 5.41) is 0. The van der Waals surface area contributed by atoms with E-state index < -0.39 is 61.0 Å². The lowest BCUT2D eigenvalue weighted by molar-refractivity contribution is -0.548. The predicted octanol–water partition coefficient (Wildman–Crippen LogP) is 6.98. The molecular weight excluding hydrogens is 567 g/mol. The molecule has 36 heavy (non-hydrogen) atoms. The molecule has 2 atom stereocenters. The summed E-state index contributed by atoms with van der Waals surface area (Å²) in [7, 11) is 0. The van der Waals surface area contributed by atoms with Gasteiger partial charge in [-0.25, -0.2) is 4.79 Å². The lowest BCUT2D eigenvalue weighted by Gasteiger charge is -2.39. The first kappa shape index (κ1) is 34.2. The van der Waals surface area contributed by atoms with Crippen molar-refractivity contribution < 1.29 is 93.6 Å². The fourth-order valence-electron chi connectivity index (χ4n) is 1.93. The van der Waals surface area contributed by atoms with Crippen LogP contribution >= 0.6 is 0 Å². The third-order valence-electron chi connectivity index (χ3n) is 3.86. The zero-order chi connectivity index (χ0) is 29.2. The van der Waals surface area contributed by atoms with Crippen LogP contribution in [0.5, 0.6) is 0 Å². The molecule has 0 rings (SSSR count). The van der Waals surface area contributed by atoms with Crippen LogP contribution in [0, 0.1) is 0 Å². The first-order chi connectivity index (χ1) is 15.6. The zero-order valence-corrected chi connectivity index (χ0v) is 17.1. The summed E-state index contributed by atoms with van der Waals surface area (Å²) in [5.74, 6) is -26.3. The minimum atomic E-state index is -8.04. The van der Waals surface area contributed by atoms with E-state index in [0.29, 0.717) is 12.8 Å². The van der Waals surface area contributed by atoms with Crippen LogP contribution in [0.25, 0.3) is 0 Å². The first-order valence-electron chi connectivity index (χ1n) is 8.93. The minimum Gasteiger partial charge on any atom is -0.461 e. The van der Waals surface area contributed by atoms with Crippen molar-refractivity contribution in [3.8, 4) is 0 Å². The van der Waals surface area contributed by atoms with Crippen molar-refractivity contribution >= 4 is 5.97 Å². The van der Waals surface area contributed by atoms with E-state index in [1.165, 1.54) is 4.74 Å². The third-order valence-corrected chi connectivity index (χ3v) is 3.86.